The second-order valence-corrected chi connectivity index (χ2v) is 6.65. The normalized spacial score (nSPS) is 12.1. The SMILES string of the molecule is COc1ccc(CN(C)CC(=O)NC(C)c2ccc(C)c(C)c2)cc1. The number of ether oxygens (including phenoxy) is 1. The van der Waals surface area contributed by atoms with Crippen LogP contribution >= 0.6 is 0 Å². The number of benzene rings is 2. The van der Waals surface area contributed by atoms with Crippen molar-refractivity contribution in [1.29, 1.82) is 0 Å². The molecule has 1 unspecified atom stereocenters. The molecule has 25 heavy (non-hydrogen) atoms. The predicted octanol–water partition coefficient (Wildman–Crippen LogP) is 3.62. The van der Waals surface area contributed by atoms with E-state index >= 15 is 0 Å². The molecule has 2 aromatic rings. The molecule has 0 aliphatic carbocycles. The van der Waals surface area contributed by atoms with E-state index in [2.05, 4.69) is 37.4 Å². The van der Waals surface area contributed by atoms with E-state index in [-0.39, 0.29) is 11.9 Å². The minimum absolute atomic E-state index is 0.00110. The number of nitrogens with zero attached hydrogens (tertiary/aromatic N) is 1. The van der Waals surface area contributed by atoms with Gasteiger partial charge in [0.15, 0.2) is 0 Å². The van der Waals surface area contributed by atoms with E-state index in [1.807, 2.05) is 43.1 Å². The molecule has 0 aliphatic heterocycles. The Labute approximate surface area is 150 Å². The maximum Gasteiger partial charge on any atom is 0.234 e. The molecule has 0 saturated carbocycles. The second kappa shape index (κ2) is 8.67. The smallest absolute Gasteiger partial charge is 0.234 e. The number of amides is 1. The summed E-state index contributed by atoms with van der Waals surface area (Å²) in [6, 6.07) is 14.2. The van der Waals surface area contributed by atoms with Crippen LogP contribution in [0.25, 0.3) is 0 Å². The number of nitrogens with one attached hydrogen (secondary N) is 1. The van der Waals surface area contributed by atoms with E-state index in [1.165, 1.54) is 11.1 Å². The average molecular weight is 340 g/mol. The molecule has 134 valence electrons. The molecule has 0 spiro atoms. The summed E-state index contributed by atoms with van der Waals surface area (Å²) in [6.07, 6.45) is 0. The zero-order valence-electron chi connectivity index (χ0n) is 15.8. The van der Waals surface area contributed by atoms with Gasteiger partial charge in [-0.2, -0.15) is 0 Å². The molecule has 0 saturated heterocycles. The maximum absolute atomic E-state index is 12.3. The Morgan fingerprint density at radius 3 is 2.40 bits per heavy atom. The van der Waals surface area contributed by atoms with Gasteiger partial charge in [0.25, 0.3) is 0 Å². The van der Waals surface area contributed by atoms with E-state index in [4.69, 9.17) is 4.74 Å². The van der Waals surface area contributed by atoms with Gasteiger partial charge in [-0.15, -0.1) is 0 Å². The van der Waals surface area contributed by atoms with Gasteiger partial charge in [-0.3, -0.25) is 9.69 Å². The zero-order chi connectivity index (χ0) is 18.4. The molecule has 2 aromatic carbocycles. The van der Waals surface area contributed by atoms with Crippen molar-refractivity contribution in [2.75, 3.05) is 20.7 Å². The van der Waals surface area contributed by atoms with Crippen LogP contribution in [0, 0.1) is 13.8 Å². The van der Waals surface area contributed by atoms with Crippen molar-refractivity contribution >= 4 is 5.91 Å². The van der Waals surface area contributed by atoms with Crippen molar-refractivity contribution < 1.29 is 9.53 Å². The van der Waals surface area contributed by atoms with Gasteiger partial charge in [0.1, 0.15) is 5.75 Å². The lowest BCUT2D eigenvalue weighted by Gasteiger charge is -2.20. The molecular formula is C21H28N2O2. The summed E-state index contributed by atoms with van der Waals surface area (Å²) in [5.41, 5.74) is 4.80. The molecule has 0 bridgehead atoms. The van der Waals surface area contributed by atoms with Gasteiger partial charge in [-0.25, -0.2) is 0 Å². The fourth-order valence-electron chi connectivity index (χ4n) is 2.75. The Morgan fingerprint density at radius 2 is 1.80 bits per heavy atom. The van der Waals surface area contributed by atoms with Crippen LogP contribution in [-0.4, -0.2) is 31.5 Å². The molecule has 1 amide bonds. The Bertz CT molecular complexity index is 710. The number of methoxy groups -OCH3 is 1. The first kappa shape index (κ1) is 19.0. The Morgan fingerprint density at radius 1 is 1.12 bits per heavy atom. The van der Waals surface area contributed by atoms with E-state index in [0.29, 0.717) is 6.54 Å². The minimum Gasteiger partial charge on any atom is -0.497 e. The third kappa shape index (κ3) is 5.61. The summed E-state index contributed by atoms with van der Waals surface area (Å²) in [7, 11) is 3.60. The van der Waals surface area contributed by atoms with Crippen molar-refractivity contribution in [3.05, 3.63) is 64.7 Å². The number of hydrogen-bond donors (Lipinski definition) is 1. The maximum atomic E-state index is 12.3. The fraction of sp³-hybridized carbons (Fsp3) is 0.381. The van der Waals surface area contributed by atoms with Crippen LogP contribution in [0.5, 0.6) is 5.75 Å². The Kier molecular flexibility index (Phi) is 6.59. The Hall–Kier alpha value is -2.33. The van der Waals surface area contributed by atoms with Crippen LogP contribution in [0.4, 0.5) is 0 Å². The first-order chi connectivity index (χ1) is 11.9. The molecule has 1 N–H and O–H groups in total. The van der Waals surface area contributed by atoms with Crippen LogP contribution < -0.4 is 10.1 Å². The van der Waals surface area contributed by atoms with Gasteiger partial charge in [0, 0.05) is 6.54 Å². The minimum atomic E-state index is 0.00110. The molecule has 0 radical (unpaired) electrons. The van der Waals surface area contributed by atoms with Crippen LogP contribution in [0.3, 0.4) is 0 Å². The molecule has 2 rings (SSSR count). The quantitative estimate of drug-likeness (QED) is 0.837. The van der Waals surface area contributed by atoms with Crippen molar-refractivity contribution in [2.24, 2.45) is 0 Å². The molecule has 4 heteroatoms. The third-order valence-electron chi connectivity index (χ3n) is 4.43. The van der Waals surface area contributed by atoms with Gasteiger partial charge in [-0.05, 0) is 62.2 Å². The highest BCUT2D eigenvalue weighted by Crippen LogP contribution is 2.17. The second-order valence-electron chi connectivity index (χ2n) is 6.65. The van der Waals surface area contributed by atoms with Crippen LogP contribution in [0.2, 0.25) is 0 Å². The zero-order valence-corrected chi connectivity index (χ0v) is 15.8. The third-order valence-corrected chi connectivity index (χ3v) is 4.43. The summed E-state index contributed by atoms with van der Waals surface area (Å²) < 4.78 is 5.16. The first-order valence-electron chi connectivity index (χ1n) is 8.57. The number of rotatable bonds is 7. The number of hydrogen-bond acceptors (Lipinski definition) is 3. The lowest BCUT2D eigenvalue weighted by molar-refractivity contribution is -0.122. The van der Waals surface area contributed by atoms with E-state index in [1.54, 1.807) is 7.11 Å². The largest absolute Gasteiger partial charge is 0.497 e. The van der Waals surface area contributed by atoms with E-state index in [0.717, 1.165) is 23.4 Å². The predicted molar refractivity (Wildman–Crippen MR) is 102 cm³/mol. The molecule has 4 nitrogen and oxygen atoms in total. The highest BCUT2D eigenvalue weighted by atomic mass is 16.5. The highest BCUT2D eigenvalue weighted by molar-refractivity contribution is 5.78. The van der Waals surface area contributed by atoms with Gasteiger partial charge in [-0.1, -0.05) is 30.3 Å². The van der Waals surface area contributed by atoms with Crippen molar-refractivity contribution in [3.63, 3.8) is 0 Å². The molecule has 1 atom stereocenters. The summed E-state index contributed by atoms with van der Waals surface area (Å²) in [6.45, 7) is 7.29. The van der Waals surface area contributed by atoms with Crippen molar-refractivity contribution in [1.82, 2.24) is 10.2 Å². The highest BCUT2D eigenvalue weighted by Gasteiger charge is 2.12. The molecular weight excluding hydrogens is 312 g/mol. The first-order valence-corrected chi connectivity index (χ1v) is 8.57. The topological polar surface area (TPSA) is 41.6 Å². The van der Waals surface area contributed by atoms with E-state index in [9.17, 15) is 4.79 Å². The number of likely N-dealkylation sites (N-methyl/N-ethyl adjacent to an activating group) is 1. The Balaban J connectivity index is 1.86. The monoisotopic (exact) mass is 340 g/mol. The molecule has 0 heterocycles. The lowest BCUT2D eigenvalue weighted by Crippen LogP contribution is -2.36. The van der Waals surface area contributed by atoms with Gasteiger partial charge >= 0.3 is 0 Å². The van der Waals surface area contributed by atoms with E-state index < -0.39 is 0 Å². The van der Waals surface area contributed by atoms with Crippen LogP contribution in [0.1, 0.15) is 35.2 Å². The molecule has 0 aliphatic rings. The van der Waals surface area contributed by atoms with Gasteiger partial charge < -0.3 is 10.1 Å². The average Bonchev–Trinajstić information content (AvgIpc) is 2.57. The summed E-state index contributed by atoms with van der Waals surface area (Å²) in [5, 5.41) is 3.08. The summed E-state index contributed by atoms with van der Waals surface area (Å²) in [5.74, 6) is 0.869. The van der Waals surface area contributed by atoms with Crippen molar-refractivity contribution in [2.45, 2.75) is 33.4 Å². The molecule has 0 fully saturated rings. The van der Waals surface area contributed by atoms with Crippen molar-refractivity contribution in [3.8, 4) is 5.75 Å². The van der Waals surface area contributed by atoms with Crippen LogP contribution in [0.15, 0.2) is 42.5 Å². The lowest BCUT2D eigenvalue weighted by atomic mass is 10.0. The van der Waals surface area contributed by atoms with Gasteiger partial charge in [0.05, 0.1) is 19.7 Å². The fourth-order valence-corrected chi connectivity index (χ4v) is 2.75. The number of aryl methyl sites for hydroxylation is 2. The number of carbonyl (C=O) groups excluding carboxylic acids is 1. The molecule has 0 aromatic heterocycles. The summed E-state index contributed by atoms with van der Waals surface area (Å²) in [4.78, 5) is 14.3. The van der Waals surface area contributed by atoms with Crippen LogP contribution in [-0.2, 0) is 11.3 Å². The number of carbonyl (C=O) groups is 1. The van der Waals surface area contributed by atoms with Gasteiger partial charge in [0.2, 0.25) is 5.91 Å². The standard InChI is InChI=1S/C21H28N2O2/c1-15-6-9-19(12-16(15)2)17(3)22-21(24)14-23(4)13-18-7-10-20(25-5)11-8-18/h6-12,17H,13-14H2,1-5H3,(H,22,24). The summed E-state index contributed by atoms with van der Waals surface area (Å²) >= 11 is 0.